The monoisotopic (exact) mass is 260 g/mol. The van der Waals surface area contributed by atoms with Gasteiger partial charge in [-0.2, -0.15) is 0 Å². The fraction of sp³-hybridized carbons (Fsp3) is 0.929. The summed E-state index contributed by atoms with van der Waals surface area (Å²) in [5.41, 5.74) is -0.526. The summed E-state index contributed by atoms with van der Waals surface area (Å²) in [5, 5.41) is 0. The van der Waals surface area contributed by atoms with Gasteiger partial charge in [0.05, 0.1) is 5.41 Å². The minimum absolute atomic E-state index is 0.0330. The van der Waals surface area contributed by atoms with Crippen LogP contribution in [-0.2, 0) is 9.53 Å². The first-order valence-corrected chi connectivity index (χ1v) is 7.86. The molecular weight excluding hydrogens is 231 g/mol. The normalized spacial score (nSPS) is 18.9. The highest BCUT2D eigenvalue weighted by atomic mass is 31.0. The third kappa shape index (κ3) is 5.38. The maximum absolute atomic E-state index is 11.9. The average molecular weight is 260 g/mol. The Labute approximate surface area is 109 Å². The maximum atomic E-state index is 11.9. The molecule has 0 aromatic carbocycles. The minimum Gasteiger partial charge on any atom is -0.459 e. The molecule has 1 unspecified atom stereocenters. The predicted octanol–water partition coefficient (Wildman–Crippen LogP) is 4.18. The summed E-state index contributed by atoms with van der Waals surface area (Å²) in [6, 6.07) is 0. The number of esters is 1. The molecule has 0 radical (unpaired) electrons. The lowest BCUT2D eigenvalue weighted by atomic mass is 9.85. The second-order valence-corrected chi connectivity index (χ2v) is 5.64. The van der Waals surface area contributed by atoms with Crippen LogP contribution in [0.2, 0.25) is 0 Å². The first-order valence-electron chi connectivity index (χ1n) is 6.71. The number of ether oxygens (including phenoxy) is 1. The molecule has 1 rings (SSSR count). The zero-order chi connectivity index (χ0) is 13.5. The lowest BCUT2D eigenvalue weighted by Crippen LogP contribution is -2.38. The first-order chi connectivity index (χ1) is 7.90. The van der Waals surface area contributed by atoms with Gasteiger partial charge in [-0.1, -0.05) is 20.0 Å². The standard InChI is InChI=1S/C13H24O2.CH5P/c1-5-12(2,3)11(14)15-13(4)9-7-6-8-10-13;1-2/h5-10H2,1-4H3;2H2,1H3. The van der Waals surface area contributed by atoms with Crippen molar-refractivity contribution in [3.63, 3.8) is 0 Å². The Hall–Kier alpha value is -0.100. The van der Waals surface area contributed by atoms with Crippen LogP contribution in [0, 0.1) is 5.41 Å². The molecule has 0 bridgehead atoms. The van der Waals surface area contributed by atoms with E-state index in [1.807, 2.05) is 27.4 Å². The van der Waals surface area contributed by atoms with Gasteiger partial charge in [0, 0.05) is 0 Å². The molecule has 17 heavy (non-hydrogen) atoms. The highest BCUT2D eigenvalue weighted by Crippen LogP contribution is 2.34. The summed E-state index contributed by atoms with van der Waals surface area (Å²) in [6.07, 6.45) is 6.55. The lowest BCUT2D eigenvalue weighted by molar-refractivity contribution is -0.172. The largest absolute Gasteiger partial charge is 0.459 e. The molecule has 0 aliphatic heterocycles. The maximum Gasteiger partial charge on any atom is 0.312 e. The van der Waals surface area contributed by atoms with Crippen LogP contribution in [0.4, 0.5) is 0 Å². The predicted molar refractivity (Wildman–Crippen MR) is 77.3 cm³/mol. The molecule has 3 heteroatoms. The highest BCUT2D eigenvalue weighted by Gasteiger charge is 2.36. The molecule has 0 aromatic rings. The van der Waals surface area contributed by atoms with E-state index in [-0.39, 0.29) is 17.0 Å². The number of carbonyl (C=O) groups is 1. The van der Waals surface area contributed by atoms with Crippen molar-refractivity contribution in [3.05, 3.63) is 0 Å². The van der Waals surface area contributed by atoms with Gasteiger partial charge in [-0.15, -0.1) is 9.24 Å². The van der Waals surface area contributed by atoms with E-state index >= 15 is 0 Å². The molecule has 0 saturated heterocycles. The molecule has 0 heterocycles. The third-order valence-electron chi connectivity index (χ3n) is 3.69. The van der Waals surface area contributed by atoms with Crippen molar-refractivity contribution >= 4 is 15.2 Å². The van der Waals surface area contributed by atoms with E-state index in [1.54, 1.807) is 0 Å². The Kier molecular flexibility index (Phi) is 7.32. The molecule has 1 fully saturated rings. The Morgan fingerprint density at radius 1 is 1.24 bits per heavy atom. The van der Waals surface area contributed by atoms with E-state index in [9.17, 15) is 4.79 Å². The number of hydrogen-bond donors (Lipinski definition) is 0. The Balaban J connectivity index is 0.00000121. The molecule has 1 aliphatic rings. The molecular formula is C14H29O2P. The van der Waals surface area contributed by atoms with E-state index in [2.05, 4.69) is 16.2 Å². The molecule has 102 valence electrons. The number of carbonyl (C=O) groups excluding carboxylic acids is 1. The smallest absolute Gasteiger partial charge is 0.312 e. The fourth-order valence-electron chi connectivity index (χ4n) is 1.91. The van der Waals surface area contributed by atoms with Crippen molar-refractivity contribution in [2.24, 2.45) is 5.41 Å². The van der Waals surface area contributed by atoms with Crippen LogP contribution in [0.5, 0.6) is 0 Å². The van der Waals surface area contributed by atoms with E-state index in [0.29, 0.717) is 0 Å². The van der Waals surface area contributed by atoms with Crippen LogP contribution in [0.25, 0.3) is 0 Å². The van der Waals surface area contributed by atoms with Crippen molar-refractivity contribution in [3.8, 4) is 0 Å². The molecule has 0 N–H and O–H groups in total. The van der Waals surface area contributed by atoms with Crippen molar-refractivity contribution in [2.45, 2.75) is 71.8 Å². The van der Waals surface area contributed by atoms with Gasteiger partial charge in [0.1, 0.15) is 5.60 Å². The van der Waals surface area contributed by atoms with Gasteiger partial charge in [0.2, 0.25) is 0 Å². The quantitative estimate of drug-likeness (QED) is 0.562. The van der Waals surface area contributed by atoms with Crippen molar-refractivity contribution in [2.75, 3.05) is 6.66 Å². The molecule has 0 amide bonds. The SMILES string of the molecule is CCC(C)(C)C(=O)OC1(C)CCCCC1.CP. The molecule has 1 atom stereocenters. The summed E-state index contributed by atoms with van der Waals surface area (Å²) in [7, 11) is 2.42. The van der Waals surface area contributed by atoms with Gasteiger partial charge in [-0.3, -0.25) is 4.79 Å². The van der Waals surface area contributed by atoms with Gasteiger partial charge in [0.15, 0.2) is 0 Å². The molecule has 0 spiro atoms. The number of hydrogen-bond acceptors (Lipinski definition) is 2. The Bertz CT molecular complexity index is 230. The second-order valence-electron chi connectivity index (χ2n) is 5.64. The van der Waals surface area contributed by atoms with E-state index < -0.39 is 0 Å². The van der Waals surface area contributed by atoms with Gasteiger partial charge in [-0.25, -0.2) is 0 Å². The fourth-order valence-corrected chi connectivity index (χ4v) is 1.91. The van der Waals surface area contributed by atoms with Crippen LogP contribution in [0.1, 0.15) is 66.2 Å². The van der Waals surface area contributed by atoms with Crippen molar-refractivity contribution in [1.29, 1.82) is 0 Å². The van der Waals surface area contributed by atoms with Gasteiger partial charge >= 0.3 is 5.97 Å². The first kappa shape index (κ1) is 16.9. The zero-order valence-corrected chi connectivity index (χ0v) is 13.3. The number of rotatable bonds is 3. The third-order valence-corrected chi connectivity index (χ3v) is 3.69. The van der Waals surface area contributed by atoms with Gasteiger partial charge in [0.25, 0.3) is 0 Å². The second kappa shape index (κ2) is 7.36. The Morgan fingerprint density at radius 2 is 1.71 bits per heavy atom. The topological polar surface area (TPSA) is 26.3 Å². The molecule has 1 saturated carbocycles. The van der Waals surface area contributed by atoms with E-state index in [4.69, 9.17) is 4.74 Å². The summed E-state index contributed by atoms with van der Waals surface area (Å²) in [5.74, 6) is -0.0330. The van der Waals surface area contributed by atoms with E-state index in [1.165, 1.54) is 19.3 Å². The van der Waals surface area contributed by atoms with Crippen molar-refractivity contribution in [1.82, 2.24) is 0 Å². The van der Waals surface area contributed by atoms with Crippen LogP contribution in [0.15, 0.2) is 0 Å². The summed E-state index contributed by atoms with van der Waals surface area (Å²) in [6.45, 7) is 9.95. The average Bonchev–Trinajstić information content (AvgIpc) is 2.32. The van der Waals surface area contributed by atoms with Gasteiger partial charge in [-0.05, 0) is 52.9 Å². The lowest BCUT2D eigenvalue weighted by Gasteiger charge is -2.36. The van der Waals surface area contributed by atoms with Crippen LogP contribution < -0.4 is 0 Å². The zero-order valence-electron chi connectivity index (χ0n) is 12.1. The summed E-state index contributed by atoms with van der Waals surface area (Å²) >= 11 is 0. The molecule has 2 nitrogen and oxygen atoms in total. The van der Waals surface area contributed by atoms with E-state index in [0.717, 1.165) is 19.3 Å². The molecule has 1 aliphatic carbocycles. The molecule has 0 aromatic heterocycles. The summed E-state index contributed by atoms with van der Waals surface area (Å²) in [4.78, 5) is 11.9. The van der Waals surface area contributed by atoms with Gasteiger partial charge < -0.3 is 4.74 Å². The van der Waals surface area contributed by atoms with Crippen molar-refractivity contribution < 1.29 is 9.53 Å². The summed E-state index contributed by atoms with van der Waals surface area (Å²) < 4.78 is 5.70. The highest BCUT2D eigenvalue weighted by molar-refractivity contribution is 7.15. The van der Waals surface area contributed by atoms with Crippen LogP contribution in [-0.4, -0.2) is 18.2 Å². The van der Waals surface area contributed by atoms with Crippen LogP contribution in [0.3, 0.4) is 0 Å². The Morgan fingerprint density at radius 3 is 2.12 bits per heavy atom. The van der Waals surface area contributed by atoms with Crippen LogP contribution >= 0.6 is 9.24 Å². The minimum atomic E-state index is -0.333.